The summed E-state index contributed by atoms with van der Waals surface area (Å²) in [5, 5.41) is 2.02. The van der Waals surface area contributed by atoms with Gasteiger partial charge < -0.3 is 5.32 Å². The van der Waals surface area contributed by atoms with Gasteiger partial charge in [-0.15, -0.1) is 11.8 Å². The third-order valence-electron chi connectivity index (χ3n) is 3.80. The summed E-state index contributed by atoms with van der Waals surface area (Å²) in [5.74, 6) is -0.380. The Morgan fingerprint density at radius 3 is 2.11 bits per heavy atom. The molecular formula is C21H16F3NOS. The first-order valence-electron chi connectivity index (χ1n) is 8.18. The minimum absolute atomic E-state index is 0.115. The van der Waals surface area contributed by atoms with Gasteiger partial charge >= 0.3 is 6.18 Å². The highest BCUT2D eigenvalue weighted by molar-refractivity contribution is 8.00. The number of carbonyl (C=O) groups excluding carboxylic acids is 1. The first-order valence-corrected chi connectivity index (χ1v) is 9.06. The summed E-state index contributed by atoms with van der Waals surface area (Å²) in [6, 6.07) is 23.2. The molecule has 3 aromatic carbocycles. The van der Waals surface area contributed by atoms with Crippen molar-refractivity contribution in [3.63, 3.8) is 0 Å². The molecule has 0 aromatic heterocycles. The van der Waals surface area contributed by atoms with E-state index in [1.165, 1.54) is 23.9 Å². The Morgan fingerprint density at radius 1 is 0.852 bits per heavy atom. The number of carbonyl (C=O) groups is 1. The summed E-state index contributed by atoms with van der Waals surface area (Å²) in [6.07, 6.45) is -4.46. The molecule has 1 N–H and O–H groups in total. The average molecular weight is 387 g/mol. The largest absolute Gasteiger partial charge is 0.416 e. The van der Waals surface area contributed by atoms with Crippen LogP contribution in [0.15, 0.2) is 89.8 Å². The highest BCUT2D eigenvalue weighted by Crippen LogP contribution is 2.36. The second kappa shape index (κ2) is 8.31. The number of nitrogens with one attached hydrogen (secondary N) is 1. The van der Waals surface area contributed by atoms with Gasteiger partial charge in [0, 0.05) is 10.6 Å². The lowest BCUT2D eigenvalue weighted by molar-refractivity contribution is -0.137. The summed E-state index contributed by atoms with van der Waals surface area (Å²) in [4.78, 5) is 13.8. The Labute approximate surface area is 159 Å². The molecule has 138 valence electrons. The van der Waals surface area contributed by atoms with Crippen LogP contribution in [0.2, 0.25) is 0 Å². The molecular weight excluding hydrogens is 371 g/mol. The molecule has 0 unspecified atom stereocenters. The van der Waals surface area contributed by atoms with Crippen molar-refractivity contribution in [3.05, 3.63) is 96.1 Å². The van der Waals surface area contributed by atoms with Crippen LogP contribution in [-0.2, 0) is 11.0 Å². The fraction of sp³-hybridized carbons (Fsp3) is 0.0952. The van der Waals surface area contributed by atoms with Gasteiger partial charge in [-0.05, 0) is 35.9 Å². The van der Waals surface area contributed by atoms with Gasteiger partial charge in [-0.3, -0.25) is 4.79 Å². The first kappa shape index (κ1) is 19.0. The van der Waals surface area contributed by atoms with Gasteiger partial charge in [0.05, 0.1) is 5.56 Å². The third-order valence-corrected chi connectivity index (χ3v) is 5.06. The van der Waals surface area contributed by atoms with E-state index in [-0.39, 0.29) is 11.6 Å². The third kappa shape index (κ3) is 5.14. The van der Waals surface area contributed by atoms with Gasteiger partial charge in [0.2, 0.25) is 5.91 Å². The van der Waals surface area contributed by atoms with Crippen molar-refractivity contribution >= 4 is 23.4 Å². The Morgan fingerprint density at radius 2 is 1.48 bits per heavy atom. The number of rotatable bonds is 5. The zero-order valence-corrected chi connectivity index (χ0v) is 14.9. The van der Waals surface area contributed by atoms with E-state index in [0.29, 0.717) is 0 Å². The number of hydrogen-bond acceptors (Lipinski definition) is 2. The van der Waals surface area contributed by atoms with Crippen LogP contribution in [-0.4, -0.2) is 5.91 Å². The minimum atomic E-state index is -4.46. The van der Waals surface area contributed by atoms with Gasteiger partial charge in [0.15, 0.2) is 0 Å². The molecule has 0 heterocycles. The maximum absolute atomic E-state index is 12.9. The summed E-state index contributed by atoms with van der Waals surface area (Å²) in [5.41, 5.74) is 0.0903. The van der Waals surface area contributed by atoms with E-state index in [4.69, 9.17) is 0 Å². The highest BCUT2D eigenvalue weighted by atomic mass is 32.2. The first-order chi connectivity index (χ1) is 12.9. The Bertz CT molecular complexity index is 898. The summed E-state index contributed by atoms with van der Waals surface area (Å²) >= 11 is 1.34. The van der Waals surface area contributed by atoms with E-state index in [2.05, 4.69) is 5.32 Å². The van der Waals surface area contributed by atoms with E-state index in [1.807, 2.05) is 60.7 Å². The Balaban J connectivity index is 1.85. The summed E-state index contributed by atoms with van der Waals surface area (Å²) in [6.45, 7) is 0. The second-order valence-electron chi connectivity index (χ2n) is 5.79. The van der Waals surface area contributed by atoms with E-state index in [9.17, 15) is 18.0 Å². The van der Waals surface area contributed by atoms with E-state index < -0.39 is 17.0 Å². The van der Waals surface area contributed by atoms with Gasteiger partial charge in [-0.1, -0.05) is 54.6 Å². The van der Waals surface area contributed by atoms with E-state index in [0.717, 1.165) is 22.6 Å². The van der Waals surface area contributed by atoms with Crippen LogP contribution >= 0.6 is 11.8 Å². The number of amides is 1. The molecule has 0 aliphatic heterocycles. The number of halogens is 3. The van der Waals surface area contributed by atoms with E-state index >= 15 is 0 Å². The topological polar surface area (TPSA) is 29.1 Å². The monoisotopic (exact) mass is 387 g/mol. The van der Waals surface area contributed by atoms with Crippen molar-refractivity contribution in [2.24, 2.45) is 0 Å². The van der Waals surface area contributed by atoms with Crippen LogP contribution in [0.4, 0.5) is 18.9 Å². The summed E-state index contributed by atoms with van der Waals surface area (Å²) in [7, 11) is 0. The predicted molar refractivity (Wildman–Crippen MR) is 102 cm³/mol. The van der Waals surface area contributed by atoms with Crippen molar-refractivity contribution in [2.45, 2.75) is 16.3 Å². The van der Waals surface area contributed by atoms with Crippen LogP contribution < -0.4 is 5.32 Å². The molecule has 0 radical (unpaired) electrons. The molecule has 1 amide bonds. The van der Waals surface area contributed by atoms with Crippen molar-refractivity contribution in [1.82, 2.24) is 0 Å². The molecule has 0 saturated heterocycles. The van der Waals surface area contributed by atoms with Crippen molar-refractivity contribution in [3.8, 4) is 0 Å². The number of benzene rings is 3. The molecule has 3 aromatic rings. The van der Waals surface area contributed by atoms with Gasteiger partial charge in [-0.2, -0.15) is 13.2 Å². The SMILES string of the molecule is O=C(Nc1cccc(C(F)(F)F)c1)[C@H](Sc1ccccc1)c1ccccc1. The van der Waals surface area contributed by atoms with Crippen molar-refractivity contribution in [2.75, 3.05) is 5.32 Å². The average Bonchev–Trinajstić information content (AvgIpc) is 2.67. The fourth-order valence-corrected chi connectivity index (χ4v) is 3.56. The fourth-order valence-electron chi connectivity index (χ4n) is 2.52. The van der Waals surface area contributed by atoms with Crippen LogP contribution in [0.25, 0.3) is 0 Å². The molecule has 1 atom stereocenters. The molecule has 0 saturated carbocycles. The van der Waals surface area contributed by atoms with Crippen LogP contribution in [0.3, 0.4) is 0 Å². The zero-order chi connectivity index (χ0) is 19.3. The lowest BCUT2D eigenvalue weighted by Crippen LogP contribution is -2.19. The zero-order valence-electron chi connectivity index (χ0n) is 14.1. The number of anilines is 1. The minimum Gasteiger partial charge on any atom is -0.325 e. The normalized spacial score (nSPS) is 12.4. The number of thioether (sulfide) groups is 1. The summed E-state index contributed by atoms with van der Waals surface area (Å²) < 4.78 is 38.7. The predicted octanol–water partition coefficient (Wildman–Crippen LogP) is 6.18. The Kier molecular flexibility index (Phi) is 5.86. The van der Waals surface area contributed by atoms with Crippen LogP contribution in [0, 0.1) is 0 Å². The maximum Gasteiger partial charge on any atom is 0.416 e. The molecule has 3 rings (SSSR count). The Hall–Kier alpha value is -2.73. The van der Waals surface area contributed by atoms with Gasteiger partial charge in [0.1, 0.15) is 5.25 Å². The molecule has 0 aliphatic carbocycles. The van der Waals surface area contributed by atoms with Crippen molar-refractivity contribution < 1.29 is 18.0 Å². The highest BCUT2D eigenvalue weighted by Gasteiger charge is 2.31. The molecule has 0 fully saturated rings. The van der Waals surface area contributed by atoms with Gasteiger partial charge in [-0.25, -0.2) is 0 Å². The molecule has 0 aliphatic rings. The van der Waals surface area contributed by atoms with E-state index in [1.54, 1.807) is 0 Å². The van der Waals surface area contributed by atoms with Crippen molar-refractivity contribution in [1.29, 1.82) is 0 Å². The molecule has 27 heavy (non-hydrogen) atoms. The second-order valence-corrected chi connectivity index (χ2v) is 6.97. The molecule has 2 nitrogen and oxygen atoms in total. The lowest BCUT2D eigenvalue weighted by atomic mass is 10.1. The number of alkyl halides is 3. The maximum atomic E-state index is 12.9. The molecule has 0 spiro atoms. The standard InChI is InChI=1S/C21H16F3NOS/c22-21(23,24)16-10-7-11-17(14-16)25-20(26)19(15-8-3-1-4-9-15)27-18-12-5-2-6-13-18/h1-14,19H,(H,25,26)/t19-/m1/s1. The lowest BCUT2D eigenvalue weighted by Gasteiger charge is -2.17. The van der Waals surface area contributed by atoms with Gasteiger partial charge in [0.25, 0.3) is 0 Å². The molecule has 0 bridgehead atoms. The van der Waals surface area contributed by atoms with Crippen LogP contribution in [0.1, 0.15) is 16.4 Å². The van der Waals surface area contributed by atoms with Crippen LogP contribution in [0.5, 0.6) is 0 Å². The number of hydrogen-bond donors (Lipinski definition) is 1. The smallest absolute Gasteiger partial charge is 0.325 e. The quantitative estimate of drug-likeness (QED) is 0.530. The molecule has 6 heteroatoms.